The van der Waals surface area contributed by atoms with E-state index in [-0.39, 0.29) is 12.2 Å². The van der Waals surface area contributed by atoms with Crippen molar-refractivity contribution in [2.45, 2.75) is 6.42 Å². The fourth-order valence-corrected chi connectivity index (χ4v) is 2.06. The Morgan fingerprint density at radius 1 is 1.29 bits per heavy atom. The summed E-state index contributed by atoms with van der Waals surface area (Å²) in [4.78, 5) is 4.30. The standard InChI is InChI=1S/C12H15BFN3/c13-17-7-5-16(6-8-17)12-2-1-10(3-4-15)9-11(12)14/h1-2,9H,3,5-8,13H2. The highest BCUT2D eigenvalue weighted by Gasteiger charge is 2.17. The molecule has 0 N–H and O–H groups in total. The molecular weight excluding hydrogens is 216 g/mol. The van der Waals surface area contributed by atoms with Crippen molar-refractivity contribution in [1.82, 2.24) is 4.81 Å². The molecule has 0 radical (unpaired) electrons. The lowest BCUT2D eigenvalue weighted by Gasteiger charge is -2.34. The van der Waals surface area contributed by atoms with E-state index in [2.05, 4.69) is 17.7 Å². The summed E-state index contributed by atoms with van der Waals surface area (Å²) >= 11 is 0. The van der Waals surface area contributed by atoms with Crippen LogP contribution in [0.4, 0.5) is 10.1 Å². The number of hydrogen-bond donors (Lipinski definition) is 0. The molecule has 17 heavy (non-hydrogen) atoms. The maximum Gasteiger partial charge on any atom is 0.185 e. The van der Waals surface area contributed by atoms with Gasteiger partial charge in [-0.2, -0.15) is 5.26 Å². The van der Waals surface area contributed by atoms with Crippen LogP contribution in [0.3, 0.4) is 0 Å². The van der Waals surface area contributed by atoms with Crippen molar-refractivity contribution in [2.75, 3.05) is 31.1 Å². The minimum absolute atomic E-state index is 0.220. The zero-order valence-electron chi connectivity index (χ0n) is 9.99. The van der Waals surface area contributed by atoms with Crippen LogP contribution < -0.4 is 4.90 Å². The lowest BCUT2D eigenvalue weighted by molar-refractivity contribution is 0.412. The number of hydrogen-bond acceptors (Lipinski definition) is 3. The van der Waals surface area contributed by atoms with Crippen molar-refractivity contribution < 1.29 is 4.39 Å². The van der Waals surface area contributed by atoms with E-state index in [1.165, 1.54) is 6.07 Å². The summed E-state index contributed by atoms with van der Waals surface area (Å²) in [7, 11) is 2.07. The van der Waals surface area contributed by atoms with Crippen LogP contribution in [0, 0.1) is 17.1 Å². The Labute approximate surface area is 102 Å². The van der Waals surface area contributed by atoms with Gasteiger partial charge in [-0.1, -0.05) is 6.07 Å². The maximum absolute atomic E-state index is 13.9. The molecule has 0 amide bonds. The summed E-state index contributed by atoms with van der Waals surface area (Å²) in [5.41, 5.74) is 1.39. The second-order valence-electron chi connectivity index (χ2n) is 4.41. The first kappa shape index (κ1) is 11.9. The SMILES string of the molecule is BN1CCN(c2ccc(CC#N)cc2F)CC1. The van der Waals surface area contributed by atoms with Crippen LogP contribution in [-0.4, -0.2) is 39.0 Å². The van der Waals surface area contributed by atoms with E-state index >= 15 is 0 Å². The molecule has 3 nitrogen and oxygen atoms in total. The predicted molar refractivity (Wildman–Crippen MR) is 68.0 cm³/mol. The van der Waals surface area contributed by atoms with E-state index in [0.29, 0.717) is 5.69 Å². The Balaban J connectivity index is 2.14. The van der Waals surface area contributed by atoms with Gasteiger partial charge in [-0.25, -0.2) is 4.39 Å². The molecule has 1 aromatic carbocycles. The number of nitriles is 1. The minimum Gasteiger partial charge on any atom is -0.367 e. The van der Waals surface area contributed by atoms with Crippen molar-refractivity contribution in [3.8, 4) is 6.07 Å². The number of benzene rings is 1. The molecule has 1 saturated heterocycles. The maximum atomic E-state index is 13.9. The quantitative estimate of drug-likeness (QED) is 0.697. The zero-order chi connectivity index (χ0) is 12.3. The van der Waals surface area contributed by atoms with E-state index in [1.807, 2.05) is 12.1 Å². The van der Waals surface area contributed by atoms with Crippen LogP contribution in [0.5, 0.6) is 0 Å². The van der Waals surface area contributed by atoms with Gasteiger partial charge in [0.1, 0.15) is 5.82 Å². The molecule has 0 spiro atoms. The fourth-order valence-electron chi connectivity index (χ4n) is 2.06. The van der Waals surface area contributed by atoms with Crippen LogP contribution >= 0.6 is 0 Å². The van der Waals surface area contributed by atoms with Gasteiger partial charge in [0.2, 0.25) is 0 Å². The molecule has 0 bridgehead atoms. The fraction of sp³-hybridized carbons (Fsp3) is 0.417. The van der Waals surface area contributed by atoms with Crippen LogP contribution in [0.15, 0.2) is 18.2 Å². The second-order valence-corrected chi connectivity index (χ2v) is 4.41. The average molecular weight is 231 g/mol. The minimum atomic E-state index is -0.220. The molecule has 0 atom stereocenters. The molecule has 1 fully saturated rings. The number of nitrogens with zero attached hydrogens (tertiary/aromatic N) is 3. The third-order valence-electron chi connectivity index (χ3n) is 3.14. The average Bonchev–Trinajstić information content (AvgIpc) is 2.31. The lowest BCUT2D eigenvalue weighted by Crippen LogP contribution is -2.45. The van der Waals surface area contributed by atoms with Gasteiger partial charge >= 0.3 is 0 Å². The predicted octanol–water partition coefficient (Wildman–Crippen LogP) is 0.562. The molecule has 0 saturated carbocycles. The Morgan fingerprint density at radius 2 is 2.00 bits per heavy atom. The Hall–Kier alpha value is -1.54. The number of anilines is 1. The smallest absolute Gasteiger partial charge is 0.185 e. The largest absolute Gasteiger partial charge is 0.367 e. The first-order chi connectivity index (χ1) is 8.20. The van der Waals surface area contributed by atoms with Crippen LogP contribution in [-0.2, 0) is 6.42 Å². The van der Waals surface area contributed by atoms with E-state index in [4.69, 9.17) is 5.26 Å². The summed E-state index contributed by atoms with van der Waals surface area (Å²) in [6.07, 6.45) is 0.264. The molecule has 1 heterocycles. The summed E-state index contributed by atoms with van der Waals surface area (Å²) in [6.45, 7) is 3.62. The van der Waals surface area contributed by atoms with Crippen LogP contribution in [0.25, 0.3) is 0 Å². The molecule has 1 aromatic rings. The van der Waals surface area contributed by atoms with Gasteiger partial charge in [-0.3, -0.25) is 0 Å². The Bertz CT molecular complexity index is 436. The number of rotatable bonds is 2. The third-order valence-corrected chi connectivity index (χ3v) is 3.14. The van der Waals surface area contributed by atoms with Gasteiger partial charge < -0.3 is 9.71 Å². The van der Waals surface area contributed by atoms with Gasteiger partial charge in [0.15, 0.2) is 7.98 Å². The second kappa shape index (κ2) is 5.20. The van der Waals surface area contributed by atoms with Crippen LogP contribution in [0.1, 0.15) is 5.56 Å². The zero-order valence-corrected chi connectivity index (χ0v) is 9.99. The first-order valence-electron chi connectivity index (χ1n) is 5.79. The summed E-state index contributed by atoms with van der Waals surface area (Å²) in [5.74, 6) is -0.220. The van der Waals surface area contributed by atoms with Crippen molar-refractivity contribution in [2.24, 2.45) is 0 Å². The molecule has 0 aromatic heterocycles. The van der Waals surface area contributed by atoms with E-state index in [0.717, 1.165) is 31.7 Å². The van der Waals surface area contributed by atoms with Gasteiger partial charge in [0, 0.05) is 26.2 Å². The topological polar surface area (TPSA) is 30.3 Å². The van der Waals surface area contributed by atoms with Crippen molar-refractivity contribution in [3.05, 3.63) is 29.6 Å². The summed E-state index contributed by atoms with van der Waals surface area (Å²) in [6, 6.07) is 7.12. The molecule has 0 aliphatic carbocycles. The monoisotopic (exact) mass is 231 g/mol. The van der Waals surface area contributed by atoms with Crippen molar-refractivity contribution >= 4 is 13.7 Å². The van der Waals surface area contributed by atoms with Crippen LogP contribution in [0.2, 0.25) is 0 Å². The number of piperazine rings is 1. The molecule has 1 aliphatic rings. The molecule has 0 unspecified atom stereocenters. The van der Waals surface area contributed by atoms with Gasteiger partial charge in [0.25, 0.3) is 0 Å². The summed E-state index contributed by atoms with van der Waals surface area (Å²) < 4.78 is 13.9. The van der Waals surface area contributed by atoms with E-state index in [1.54, 1.807) is 6.07 Å². The van der Waals surface area contributed by atoms with Gasteiger partial charge in [-0.15, -0.1) is 0 Å². The molecule has 88 valence electrons. The Morgan fingerprint density at radius 3 is 2.59 bits per heavy atom. The van der Waals surface area contributed by atoms with Gasteiger partial charge in [-0.05, 0) is 17.7 Å². The molecular formula is C12H15BFN3. The normalized spacial score (nSPS) is 16.8. The molecule has 2 rings (SSSR count). The highest BCUT2D eigenvalue weighted by atomic mass is 19.1. The first-order valence-corrected chi connectivity index (χ1v) is 5.79. The highest BCUT2D eigenvalue weighted by Crippen LogP contribution is 2.21. The van der Waals surface area contributed by atoms with Crippen molar-refractivity contribution in [3.63, 3.8) is 0 Å². The third kappa shape index (κ3) is 2.77. The lowest BCUT2D eigenvalue weighted by atomic mass is 10.1. The number of halogens is 1. The Kier molecular flexibility index (Phi) is 3.65. The summed E-state index contributed by atoms with van der Waals surface area (Å²) in [5, 5.41) is 8.57. The van der Waals surface area contributed by atoms with E-state index in [9.17, 15) is 4.39 Å². The highest BCUT2D eigenvalue weighted by molar-refractivity contribution is 6.04. The van der Waals surface area contributed by atoms with E-state index < -0.39 is 0 Å². The van der Waals surface area contributed by atoms with Crippen molar-refractivity contribution in [1.29, 1.82) is 5.26 Å². The van der Waals surface area contributed by atoms with Gasteiger partial charge in [0.05, 0.1) is 18.2 Å². The molecule has 5 heteroatoms. The molecule has 1 aliphatic heterocycles.